The van der Waals surface area contributed by atoms with E-state index < -0.39 is 5.97 Å². The van der Waals surface area contributed by atoms with Crippen molar-refractivity contribution in [2.75, 3.05) is 18.9 Å². The molecule has 0 spiro atoms. The summed E-state index contributed by atoms with van der Waals surface area (Å²) in [7, 11) is 0. The smallest absolute Gasteiger partial charge is 0.348 e. The lowest BCUT2D eigenvalue weighted by molar-refractivity contribution is 0.0455. The highest BCUT2D eigenvalue weighted by Gasteiger charge is 2.20. The molecule has 0 aliphatic heterocycles. The van der Waals surface area contributed by atoms with Crippen LogP contribution in [0.4, 0.5) is 5.95 Å². The molecule has 0 radical (unpaired) electrons. The molecule has 0 saturated heterocycles. The average molecular weight is 345 g/mol. The minimum Gasteiger partial charge on any atom is -0.490 e. The topological polar surface area (TPSA) is 107 Å². The molecular weight excluding hydrogens is 330 g/mol. The molecule has 0 aliphatic carbocycles. The van der Waals surface area contributed by atoms with Crippen molar-refractivity contribution >= 4 is 33.5 Å². The van der Waals surface area contributed by atoms with E-state index in [4.69, 9.17) is 15.2 Å². The Kier molecular flexibility index (Phi) is 4.48. The molecule has 0 saturated carbocycles. The lowest BCUT2D eigenvalue weighted by Crippen LogP contribution is -2.13. The Hall–Kier alpha value is -2.87. The summed E-state index contributed by atoms with van der Waals surface area (Å²) in [6.45, 7) is 2.03. The van der Waals surface area contributed by atoms with E-state index in [1.807, 2.05) is 30.3 Å². The van der Waals surface area contributed by atoms with Crippen LogP contribution in [0.25, 0.3) is 10.2 Å². The van der Waals surface area contributed by atoms with Crippen LogP contribution >= 0.6 is 11.3 Å². The third-order valence-electron chi connectivity index (χ3n) is 3.33. The number of nitrogens with one attached hydrogen (secondary N) is 1. The van der Waals surface area contributed by atoms with Crippen molar-refractivity contribution in [1.82, 2.24) is 9.97 Å². The van der Waals surface area contributed by atoms with Gasteiger partial charge in [0.25, 0.3) is 5.56 Å². The minimum absolute atomic E-state index is 0.0185. The molecule has 24 heavy (non-hydrogen) atoms. The van der Waals surface area contributed by atoms with Crippen LogP contribution in [0, 0.1) is 6.92 Å². The first-order valence-corrected chi connectivity index (χ1v) is 8.02. The fraction of sp³-hybridized carbons (Fsp3) is 0.188. The number of fused-ring (bicyclic) bond motifs is 1. The highest BCUT2D eigenvalue weighted by atomic mass is 32.1. The third kappa shape index (κ3) is 3.23. The Bertz CT molecular complexity index is 934. The van der Waals surface area contributed by atoms with Crippen LogP contribution in [0.5, 0.6) is 5.75 Å². The molecule has 2 aromatic heterocycles. The molecule has 2 heterocycles. The number of esters is 1. The van der Waals surface area contributed by atoms with Crippen molar-refractivity contribution in [2.45, 2.75) is 6.92 Å². The number of aromatic nitrogens is 2. The van der Waals surface area contributed by atoms with Crippen molar-refractivity contribution in [3.05, 3.63) is 51.1 Å². The second kappa shape index (κ2) is 6.71. The number of carbonyl (C=O) groups excluding carboxylic acids is 1. The van der Waals surface area contributed by atoms with E-state index in [0.29, 0.717) is 26.4 Å². The molecule has 0 aliphatic rings. The van der Waals surface area contributed by atoms with Gasteiger partial charge in [0.1, 0.15) is 28.7 Å². The third-order valence-corrected chi connectivity index (χ3v) is 4.50. The number of carbonyl (C=O) groups is 1. The molecule has 8 heteroatoms. The molecule has 0 unspecified atom stereocenters. The number of rotatable bonds is 5. The number of aromatic amines is 1. The Morgan fingerprint density at radius 1 is 1.29 bits per heavy atom. The fourth-order valence-electron chi connectivity index (χ4n) is 2.23. The number of nitrogens with two attached hydrogens (primary N) is 1. The SMILES string of the molecule is Cc1c(C(=O)OCCOc2ccccc2)sc2nc(N)[nH]c(=O)c12. The summed E-state index contributed by atoms with van der Waals surface area (Å²) in [6, 6.07) is 9.25. The predicted octanol–water partition coefficient (Wildman–Crippen LogP) is 2.11. The Morgan fingerprint density at radius 2 is 2.04 bits per heavy atom. The summed E-state index contributed by atoms with van der Waals surface area (Å²) in [4.78, 5) is 31.4. The van der Waals surface area contributed by atoms with Crippen LogP contribution < -0.4 is 16.0 Å². The van der Waals surface area contributed by atoms with E-state index in [2.05, 4.69) is 9.97 Å². The Balaban J connectivity index is 1.67. The summed E-state index contributed by atoms with van der Waals surface area (Å²) in [5, 5.41) is 0.363. The lowest BCUT2D eigenvalue weighted by atomic mass is 10.2. The predicted molar refractivity (Wildman–Crippen MR) is 91.6 cm³/mol. The molecule has 3 aromatic rings. The first-order valence-electron chi connectivity index (χ1n) is 7.20. The summed E-state index contributed by atoms with van der Waals surface area (Å²) in [6.07, 6.45) is 0. The number of anilines is 1. The number of aryl methyl sites for hydroxylation is 1. The van der Waals surface area contributed by atoms with Crippen molar-refractivity contribution < 1.29 is 14.3 Å². The molecule has 3 rings (SSSR count). The summed E-state index contributed by atoms with van der Waals surface area (Å²) < 4.78 is 10.7. The van der Waals surface area contributed by atoms with Gasteiger partial charge in [0.05, 0.1) is 5.39 Å². The van der Waals surface area contributed by atoms with Crippen molar-refractivity contribution in [3.63, 3.8) is 0 Å². The van der Waals surface area contributed by atoms with E-state index in [1.54, 1.807) is 6.92 Å². The molecule has 124 valence electrons. The van der Waals surface area contributed by atoms with Gasteiger partial charge in [0, 0.05) is 0 Å². The largest absolute Gasteiger partial charge is 0.490 e. The van der Waals surface area contributed by atoms with Gasteiger partial charge in [0.2, 0.25) is 5.95 Å². The first-order chi connectivity index (χ1) is 11.6. The quantitative estimate of drug-likeness (QED) is 0.542. The van der Waals surface area contributed by atoms with Gasteiger partial charge in [-0.05, 0) is 24.6 Å². The molecule has 1 aromatic carbocycles. The summed E-state index contributed by atoms with van der Waals surface area (Å²) in [5.41, 5.74) is 5.70. The number of nitrogens with zero attached hydrogens (tertiary/aromatic N) is 1. The van der Waals surface area contributed by atoms with Gasteiger partial charge in [-0.2, -0.15) is 0 Å². The zero-order valence-electron chi connectivity index (χ0n) is 12.9. The van der Waals surface area contributed by atoms with Gasteiger partial charge >= 0.3 is 5.97 Å². The number of H-pyrrole nitrogens is 1. The highest BCUT2D eigenvalue weighted by Crippen LogP contribution is 2.27. The van der Waals surface area contributed by atoms with Gasteiger partial charge in [-0.25, -0.2) is 9.78 Å². The summed E-state index contributed by atoms with van der Waals surface area (Å²) >= 11 is 1.09. The van der Waals surface area contributed by atoms with Gasteiger partial charge in [-0.3, -0.25) is 9.78 Å². The molecule has 0 fully saturated rings. The first kappa shape index (κ1) is 16.0. The molecule has 0 atom stereocenters. The van der Waals surface area contributed by atoms with E-state index in [9.17, 15) is 9.59 Å². The monoisotopic (exact) mass is 345 g/mol. The van der Waals surface area contributed by atoms with Gasteiger partial charge in [0.15, 0.2) is 0 Å². The van der Waals surface area contributed by atoms with Crippen LogP contribution in [0.1, 0.15) is 15.2 Å². The number of hydrogen-bond donors (Lipinski definition) is 2. The number of ether oxygens (including phenoxy) is 2. The number of nitrogen functional groups attached to an aromatic ring is 1. The minimum atomic E-state index is -0.509. The number of hydrogen-bond acceptors (Lipinski definition) is 7. The molecule has 0 amide bonds. The summed E-state index contributed by atoms with van der Waals surface area (Å²) in [5.74, 6) is 0.216. The van der Waals surface area contributed by atoms with E-state index in [1.165, 1.54) is 0 Å². The maximum atomic E-state index is 12.2. The second-order valence-corrected chi connectivity index (χ2v) is 5.98. The van der Waals surface area contributed by atoms with Crippen LogP contribution in [-0.4, -0.2) is 29.2 Å². The van der Waals surface area contributed by atoms with Gasteiger partial charge < -0.3 is 15.2 Å². The van der Waals surface area contributed by atoms with Crippen molar-refractivity contribution in [1.29, 1.82) is 0 Å². The highest BCUT2D eigenvalue weighted by molar-refractivity contribution is 7.20. The number of thiophene rings is 1. The Labute approximate surface area is 141 Å². The van der Waals surface area contributed by atoms with E-state index in [-0.39, 0.29) is 24.7 Å². The van der Waals surface area contributed by atoms with E-state index >= 15 is 0 Å². The second-order valence-electron chi connectivity index (χ2n) is 4.98. The zero-order valence-corrected chi connectivity index (χ0v) is 13.7. The average Bonchev–Trinajstić information content (AvgIpc) is 2.89. The van der Waals surface area contributed by atoms with Crippen molar-refractivity contribution in [3.8, 4) is 5.75 Å². The maximum absolute atomic E-state index is 12.2. The Morgan fingerprint density at radius 3 is 2.79 bits per heavy atom. The number of para-hydroxylation sites is 1. The zero-order chi connectivity index (χ0) is 17.1. The van der Waals surface area contributed by atoms with E-state index in [0.717, 1.165) is 11.3 Å². The van der Waals surface area contributed by atoms with Gasteiger partial charge in [-0.15, -0.1) is 11.3 Å². The van der Waals surface area contributed by atoms with Crippen LogP contribution in [-0.2, 0) is 4.74 Å². The van der Waals surface area contributed by atoms with Crippen LogP contribution in [0.15, 0.2) is 35.1 Å². The normalized spacial score (nSPS) is 10.7. The maximum Gasteiger partial charge on any atom is 0.348 e. The lowest BCUT2D eigenvalue weighted by Gasteiger charge is -2.06. The standard InChI is InChI=1S/C16H15N3O4S/c1-9-11-13(20)18-16(17)19-14(11)24-12(9)15(21)23-8-7-22-10-5-3-2-4-6-10/h2-6H,7-8H2,1H3,(H3,17,18,19,20). The van der Waals surface area contributed by atoms with Crippen LogP contribution in [0.3, 0.4) is 0 Å². The molecule has 3 N–H and O–H groups in total. The fourth-order valence-corrected chi connectivity index (χ4v) is 3.31. The number of benzene rings is 1. The molecule has 0 bridgehead atoms. The van der Waals surface area contributed by atoms with Gasteiger partial charge in [-0.1, -0.05) is 18.2 Å². The van der Waals surface area contributed by atoms with Crippen molar-refractivity contribution in [2.24, 2.45) is 0 Å². The van der Waals surface area contributed by atoms with Crippen LogP contribution in [0.2, 0.25) is 0 Å². The molecular formula is C16H15N3O4S. The molecule has 7 nitrogen and oxygen atoms in total.